The Labute approximate surface area is 116 Å². The van der Waals surface area contributed by atoms with Gasteiger partial charge in [-0.25, -0.2) is 14.2 Å². The number of aromatic amines is 1. The van der Waals surface area contributed by atoms with Gasteiger partial charge in [0, 0.05) is 0 Å². The van der Waals surface area contributed by atoms with Gasteiger partial charge < -0.3 is 14.9 Å². The molecule has 0 saturated carbocycles. The molecule has 21 heavy (non-hydrogen) atoms. The van der Waals surface area contributed by atoms with Gasteiger partial charge in [0.2, 0.25) is 5.95 Å². The molecule has 114 valence electrons. The van der Waals surface area contributed by atoms with E-state index in [-0.39, 0.29) is 11.2 Å². The summed E-state index contributed by atoms with van der Waals surface area (Å²) in [5.74, 6) is -0.998. The van der Waals surface area contributed by atoms with Crippen LogP contribution in [0, 0.1) is 5.95 Å². The van der Waals surface area contributed by atoms with E-state index in [4.69, 9.17) is 4.74 Å². The van der Waals surface area contributed by atoms with Crippen molar-refractivity contribution in [1.29, 1.82) is 0 Å². The highest BCUT2D eigenvalue weighted by atomic mass is 19.1. The van der Waals surface area contributed by atoms with Gasteiger partial charge in [-0.05, 0) is 6.92 Å². The number of aliphatic hydroxyl groups is 2. The fraction of sp³-hybridized carbons (Fsp3) is 0.545. The van der Waals surface area contributed by atoms with Gasteiger partial charge in [0.1, 0.15) is 11.7 Å². The minimum atomic E-state index is -1.90. The lowest BCUT2D eigenvalue weighted by Crippen LogP contribution is -2.42. The molecule has 2 aromatic heterocycles. The number of aliphatic hydroxyl groups excluding tert-OH is 2. The van der Waals surface area contributed by atoms with E-state index in [9.17, 15) is 23.8 Å². The number of hydrogen-bond acceptors (Lipinski definition) is 6. The molecule has 4 atom stereocenters. The van der Waals surface area contributed by atoms with Crippen molar-refractivity contribution in [3.8, 4) is 0 Å². The van der Waals surface area contributed by atoms with Crippen LogP contribution in [0.2, 0.25) is 0 Å². The lowest BCUT2D eigenvalue weighted by Gasteiger charge is -2.24. The van der Waals surface area contributed by atoms with Crippen LogP contribution >= 0.6 is 0 Å². The number of alkyl halides is 1. The predicted octanol–water partition coefficient (Wildman–Crippen LogP) is -0.763. The van der Waals surface area contributed by atoms with Crippen molar-refractivity contribution in [2.75, 3.05) is 6.61 Å². The average Bonchev–Trinajstić information content (AvgIpc) is 2.95. The smallest absolute Gasteiger partial charge is 0.349 e. The lowest BCUT2D eigenvalue weighted by atomic mass is 9.99. The first-order chi connectivity index (χ1) is 9.87. The van der Waals surface area contributed by atoms with E-state index in [0.717, 1.165) is 10.9 Å². The van der Waals surface area contributed by atoms with Gasteiger partial charge in [-0.1, -0.05) is 0 Å². The average molecular weight is 302 g/mol. The first-order valence-corrected chi connectivity index (χ1v) is 6.10. The molecule has 3 N–H and O–H groups in total. The molecule has 3 heterocycles. The molecule has 1 saturated heterocycles. The number of rotatable bonds is 2. The van der Waals surface area contributed by atoms with Crippen molar-refractivity contribution >= 4 is 11.2 Å². The van der Waals surface area contributed by atoms with Gasteiger partial charge >= 0.3 is 5.69 Å². The first kappa shape index (κ1) is 14.0. The second-order valence-corrected chi connectivity index (χ2v) is 5.05. The number of imidazole rings is 1. The Hall–Kier alpha value is -1.91. The quantitative estimate of drug-likeness (QED) is 0.628. The third kappa shape index (κ3) is 1.94. The van der Waals surface area contributed by atoms with E-state index in [2.05, 4.69) is 9.97 Å². The molecular formula is C11H12F2N4O4. The molecular weight excluding hydrogens is 290 g/mol. The molecule has 0 bridgehead atoms. The van der Waals surface area contributed by atoms with E-state index in [0.29, 0.717) is 0 Å². The molecule has 0 spiro atoms. The number of halogens is 2. The summed E-state index contributed by atoms with van der Waals surface area (Å²) in [4.78, 5) is 20.3. The zero-order chi connectivity index (χ0) is 15.4. The Morgan fingerprint density at radius 3 is 2.95 bits per heavy atom. The minimum absolute atomic E-state index is 0.210. The van der Waals surface area contributed by atoms with Crippen LogP contribution < -0.4 is 5.69 Å². The summed E-state index contributed by atoms with van der Waals surface area (Å²) in [5, 5.41) is 19.0. The second-order valence-electron chi connectivity index (χ2n) is 5.05. The van der Waals surface area contributed by atoms with Gasteiger partial charge in [0.05, 0.1) is 12.9 Å². The fourth-order valence-corrected chi connectivity index (χ4v) is 2.33. The number of H-pyrrole nitrogens is 1. The molecule has 0 radical (unpaired) electrons. The number of fused-ring (bicyclic) bond motifs is 1. The minimum Gasteiger partial charge on any atom is -0.393 e. The van der Waals surface area contributed by atoms with Crippen molar-refractivity contribution in [2.24, 2.45) is 0 Å². The van der Waals surface area contributed by atoms with Crippen LogP contribution in [0.25, 0.3) is 11.2 Å². The van der Waals surface area contributed by atoms with Crippen molar-refractivity contribution in [2.45, 2.75) is 31.0 Å². The molecule has 8 nitrogen and oxygen atoms in total. The number of ether oxygens (including phenoxy) is 1. The number of nitrogens with zero attached hydrogens (tertiary/aromatic N) is 3. The summed E-state index contributed by atoms with van der Waals surface area (Å²) >= 11 is 0. The molecule has 2 aromatic rings. The molecule has 1 fully saturated rings. The summed E-state index contributed by atoms with van der Waals surface area (Å²) < 4.78 is 34.1. The monoisotopic (exact) mass is 302 g/mol. The van der Waals surface area contributed by atoms with Gasteiger partial charge in [-0.15, -0.1) is 0 Å². The molecule has 0 aliphatic carbocycles. The maximum atomic E-state index is 14.2. The van der Waals surface area contributed by atoms with E-state index < -0.39 is 42.3 Å². The zero-order valence-electron chi connectivity index (χ0n) is 10.8. The summed E-state index contributed by atoms with van der Waals surface area (Å²) in [6, 6.07) is 0. The summed E-state index contributed by atoms with van der Waals surface area (Å²) in [6.45, 7) is 0.726. The second kappa shape index (κ2) is 4.55. The van der Waals surface area contributed by atoms with Crippen LogP contribution in [-0.4, -0.2) is 54.2 Å². The van der Waals surface area contributed by atoms with Crippen LogP contribution in [-0.2, 0) is 4.74 Å². The number of nitrogens with one attached hydrogen (secondary N) is 1. The normalized spacial score (nSPS) is 32.9. The van der Waals surface area contributed by atoms with E-state index in [1.165, 1.54) is 6.92 Å². The number of aromatic nitrogens is 4. The van der Waals surface area contributed by atoms with E-state index >= 15 is 0 Å². The van der Waals surface area contributed by atoms with Crippen molar-refractivity contribution in [3.63, 3.8) is 0 Å². The third-order valence-electron chi connectivity index (χ3n) is 3.58. The standard InChI is InChI=1S/C11H12F2N4O4/c1-11(2-18)6(19)4(12)9(21-11)17-3-14-5-7(13)15-10(20)16-8(5)17/h3-4,6,9,18-19H,2H2,1H3,(H,15,16,20). The molecule has 1 aliphatic heterocycles. The van der Waals surface area contributed by atoms with Crippen LogP contribution in [0.3, 0.4) is 0 Å². The maximum absolute atomic E-state index is 14.2. The highest BCUT2D eigenvalue weighted by molar-refractivity contribution is 5.69. The Kier molecular flexibility index (Phi) is 3.04. The Balaban J connectivity index is 2.12. The topological polar surface area (TPSA) is 113 Å². The van der Waals surface area contributed by atoms with Crippen LogP contribution in [0.4, 0.5) is 8.78 Å². The van der Waals surface area contributed by atoms with Gasteiger partial charge in [0.25, 0.3) is 0 Å². The van der Waals surface area contributed by atoms with Gasteiger partial charge in [-0.3, -0.25) is 9.55 Å². The summed E-state index contributed by atoms with van der Waals surface area (Å²) in [5.41, 5.74) is -2.93. The third-order valence-corrected chi connectivity index (χ3v) is 3.58. The molecule has 3 rings (SSSR count). The van der Waals surface area contributed by atoms with Crippen molar-refractivity contribution < 1.29 is 23.7 Å². The Morgan fingerprint density at radius 1 is 1.62 bits per heavy atom. The van der Waals surface area contributed by atoms with Gasteiger partial charge in [-0.2, -0.15) is 9.37 Å². The molecule has 10 heteroatoms. The molecule has 0 aromatic carbocycles. The highest BCUT2D eigenvalue weighted by Gasteiger charge is 2.53. The van der Waals surface area contributed by atoms with Crippen LogP contribution in [0.5, 0.6) is 0 Å². The van der Waals surface area contributed by atoms with Gasteiger partial charge in [0.15, 0.2) is 23.6 Å². The van der Waals surface area contributed by atoms with Crippen molar-refractivity contribution in [1.82, 2.24) is 19.5 Å². The molecule has 1 aliphatic rings. The largest absolute Gasteiger partial charge is 0.393 e. The predicted molar refractivity (Wildman–Crippen MR) is 64.6 cm³/mol. The molecule has 4 unspecified atom stereocenters. The Morgan fingerprint density at radius 2 is 2.33 bits per heavy atom. The van der Waals surface area contributed by atoms with E-state index in [1.807, 2.05) is 4.98 Å². The zero-order valence-corrected chi connectivity index (χ0v) is 10.8. The first-order valence-electron chi connectivity index (χ1n) is 6.10. The number of hydrogen-bond donors (Lipinski definition) is 3. The van der Waals surface area contributed by atoms with Crippen LogP contribution in [0.15, 0.2) is 11.1 Å². The van der Waals surface area contributed by atoms with Crippen LogP contribution in [0.1, 0.15) is 13.2 Å². The fourth-order valence-electron chi connectivity index (χ4n) is 2.33. The Bertz CT molecular complexity index is 747. The molecule has 0 amide bonds. The van der Waals surface area contributed by atoms with Crippen molar-refractivity contribution in [3.05, 3.63) is 22.8 Å². The van der Waals surface area contributed by atoms with E-state index in [1.54, 1.807) is 0 Å². The lowest BCUT2D eigenvalue weighted by molar-refractivity contribution is -0.115. The highest BCUT2D eigenvalue weighted by Crippen LogP contribution is 2.39. The summed E-state index contributed by atoms with van der Waals surface area (Å²) in [6.07, 6.45) is -3.81. The summed E-state index contributed by atoms with van der Waals surface area (Å²) in [7, 11) is 0. The SMILES string of the molecule is CC1(CO)OC(n2cnc3c(F)[nH]c(=O)nc32)C(F)C1O. The maximum Gasteiger partial charge on any atom is 0.349 e.